The van der Waals surface area contributed by atoms with Gasteiger partial charge in [-0.2, -0.15) is 0 Å². The Bertz CT molecular complexity index is 1150. The molecule has 1 nitrogen and oxygen atoms in total. The van der Waals surface area contributed by atoms with Gasteiger partial charge in [0.1, 0.15) is 0 Å². The average Bonchev–Trinajstić information content (AvgIpc) is 2.84. The van der Waals surface area contributed by atoms with Crippen LogP contribution in [0.15, 0.2) is 103 Å². The largest absolute Gasteiger partial charge is 0.378 e. The summed E-state index contributed by atoms with van der Waals surface area (Å²) in [6.45, 7) is 6.47. The molecule has 0 saturated carbocycles. The third kappa shape index (κ3) is 5.36. The van der Waals surface area contributed by atoms with Crippen LogP contribution >= 0.6 is 0 Å². The lowest BCUT2D eigenvalue weighted by Gasteiger charge is -2.19. The lowest BCUT2D eigenvalue weighted by atomic mass is 9.94. The van der Waals surface area contributed by atoms with Gasteiger partial charge in [0.2, 0.25) is 0 Å². The minimum atomic E-state index is 0.293. The summed E-state index contributed by atoms with van der Waals surface area (Å²) < 4.78 is 0. The standard InChI is InChI=1S/C31H31N/c1-4-31(32-29-20-12-24(3)13-21-29)28-18-14-25(15-19-28)22-30(26-8-6-5-7-9-26)27-16-10-23(2)11-17-27/h5-22,31-32H,4H2,1-3H3. The molecule has 4 aromatic carbocycles. The molecular weight excluding hydrogens is 386 g/mol. The Kier molecular flexibility index (Phi) is 6.87. The second-order valence-corrected chi connectivity index (χ2v) is 8.43. The molecule has 0 aromatic heterocycles. The van der Waals surface area contributed by atoms with Gasteiger partial charge < -0.3 is 5.32 Å². The van der Waals surface area contributed by atoms with Crippen molar-refractivity contribution in [2.75, 3.05) is 5.32 Å². The Morgan fingerprint density at radius 2 is 1.25 bits per heavy atom. The van der Waals surface area contributed by atoms with Crippen molar-refractivity contribution in [2.24, 2.45) is 0 Å². The first-order chi connectivity index (χ1) is 15.6. The van der Waals surface area contributed by atoms with Crippen molar-refractivity contribution in [1.29, 1.82) is 0 Å². The van der Waals surface area contributed by atoms with Crippen LogP contribution in [0.2, 0.25) is 0 Å². The summed E-state index contributed by atoms with van der Waals surface area (Å²) in [7, 11) is 0. The van der Waals surface area contributed by atoms with E-state index in [1.807, 2.05) is 0 Å². The summed E-state index contributed by atoms with van der Waals surface area (Å²) in [4.78, 5) is 0. The zero-order valence-electron chi connectivity index (χ0n) is 19.2. The number of hydrogen-bond acceptors (Lipinski definition) is 1. The smallest absolute Gasteiger partial charge is 0.0511 e. The number of hydrogen-bond donors (Lipinski definition) is 1. The molecule has 4 aromatic rings. The Hall–Kier alpha value is -3.58. The maximum absolute atomic E-state index is 3.67. The van der Waals surface area contributed by atoms with Gasteiger partial charge in [0.25, 0.3) is 0 Å². The molecule has 32 heavy (non-hydrogen) atoms. The summed E-state index contributed by atoms with van der Waals surface area (Å²) in [5.74, 6) is 0. The second-order valence-electron chi connectivity index (χ2n) is 8.43. The minimum absolute atomic E-state index is 0.293. The lowest BCUT2D eigenvalue weighted by molar-refractivity contribution is 0.749. The number of nitrogens with one attached hydrogen (secondary N) is 1. The quantitative estimate of drug-likeness (QED) is 0.297. The molecule has 160 valence electrons. The van der Waals surface area contributed by atoms with Gasteiger partial charge in [-0.15, -0.1) is 0 Å². The third-order valence-electron chi connectivity index (χ3n) is 5.90. The Morgan fingerprint density at radius 3 is 1.84 bits per heavy atom. The molecule has 0 radical (unpaired) electrons. The summed E-state index contributed by atoms with van der Waals surface area (Å²) in [6.07, 6.45) is 3.32. The molecule has 1 unspecified atom stereocenters. The summed E-state index contributed by atoms with van der Waals surface area (Å²) >= 11 is 0. The van der Waals surface area contributed by atoms with E-state index in [-0.39, 0.29) is 0 Å². The molecule has 0 aliphatic carbocycles. The Labute approximate surface area is 192 Å². The van der Waals surface area contributed by atoms with Gasteiger partial charge in [0, 0.05) is 5.69 Å². The SMILES string of the molecule is CCC(Nc1ccc(C)cc1)c1ccc(C=C(c2ccccc2)c2ccc(C)cc2)cc1. The molecule has 1 heteroatoms. The van der Waals surface area contributed by atoms with Crippen molar-refractivity contribution in [3.8, 4) is 0 Å². The second kappa shape index (κ2) is 10.2. The first-order valence-corrected chi connectivity index (χ1v) is 11.4. The van der Waals surface area contributed by atoms with Crippen LogP contribution in [0.3, 0.4) is 0 Å². The molecule has 4 rings (SSSR count). The lowest BCUT2D eigenvalue weighted by Crippen LogP contribution is -2.09. The highest BCUT2D eigenvalue weighted by molar-refractivity contribution is 5.91. The molecule has 0 saturated heterocycles. The normalized spacial score (nSPS) is 12.4. The number of aryl methyl sites for hydroxylation is 2. The van der Waals surface area contributed by atoms with Crippen molar-refractivity contribution < 1.29 is 0 Å². The average molecular weight is 418 g/mol. The molecule has 1 N–H and O–H groups in total. The van der Waals surface area contributed by atoms with Crippen molar-refractivity contribution >= 4 is 17.3 Å². The van der Waals surface area contributed by atoms with Gasteiger partial charge in [0.05, 0.1) is 6.04 Å². The Balaban J connectivity index is 1.61. The van der Waals surface area contributed by atoms with Crippen LogP contribution in [0.4, 0.5) is 5.69 Å². The van der Waals surface area contributed by atoms with Crippen LogP contribution in [0.25, 0.3) is 11.6 Å². The first-order valence-electron chi connectivity index (χ1n) is 11.4. The highest BCUT2D eigenvalue weighted by atomic mass is 14.9. The number of benzene rings is 4. The maximum atomic E-state index is 3.67. The fourth-order valence-electron chi connectivity index (χ4n) is 3.95. The van der Waals surface area contributed by atoms with Crippen molar-refractivity contribution in [1.82, 2.24) is 0 Å². The van der Waals surface area contributed by atoms with Crippen LogP contribution in [-0.4, -0.2) is 0 Å². The zero-order chi connectivity index (χ0) is 22.3. The molecular formula is C31H31N. The van der Waals surface area contributed by atoms with Crippen molar-refractivity contribution in [3.05, 3.63) is 137 Å². The third-order valence-corrected chi connectivity index (χ3v) is 5.90. The molecule has 1 atom stereocenters. The van der Waals surface area contributed by atoms with Crippen LogP contribution in [-0.2, 0) is 0 Å². The monoisotopic (exact) mass is 417 g/mol. The van der Waals surface area contributed by atoms with Gasteiger partial charge in [-0.3, -0.25) is 0 Å². The highest BCUT2D eigenvalue weighted by Crippen LogP contribution is 2.28. The highest BCUT2D eigenvalue weighted by Gasteiger charge is 2.10. The van der Waals surface area contributed by atoms with Gasteiger partial charge in [-0.1, -0.05) is 109 Å². The molecule has 0 heterocycles. The molecule has 0 fully saturated rings. The summed E-state index contributed by atoms with van der Waals surface area (Å²) in [6, 6.07) is 37.3. The van der Waals surface area contributed by atoms with Crippen molar-refractivity contribution in [2.45, 2.75) is 33.2 Å². The van der Waals surface area contributed by atoms with Gasteiger partial charge in [0.15, 0.2) is 0 Å². The van der Waals surface area contributed by atoms with Crippen LogP contribution in [0.5, 0.6) is 0 Å². The van der Waals surface area contributed by atoms with Crippen LogP contribution in [0.1, 0.15) is 52.8 Å². The van der Waals surface area contributed by atoms with E-state index in [4.69, 9.17) is 0 Å². The van der Waals surface area contributed by atoms with E-state index in [0.29, 0.717) is 6.04 Å². The zero-order valence-corrected chi connectivity index (χ0v) is 19.2. The molecule has 0 aliphatic heterocycles. The summed E-state index contributed by atoms with van der Waals surface area (Å²) in [5.41, 5.74) is 9.94. The van der Waals surface area contributed by atoms with E-state index in [2.05, 4.69) is 135 Å². The van der Waals surface area contributed by atoms with E-state index < -0.39 is 0 Å². The number of anilines is 1. The van der Waals surface area contributed by atoms with E-state index >= 15 is 0 Å². The van der Waals surface area contributed by atoms with E-state index in [0.717, 1.165) is 12.1 Å². The molecule has 0 amide bonds. The predicted molar refractivity (Wildman–Crippen MR) is 139 cm³/mol. The van der Waals surface area contributed by atoms with Crippen LogP contribution < -0.4 is 5.32 Å². The van der Waals surface area contributed by atoms with E-state index in [9.17, 15) is 0 Å². The topological polar surface area (TPSA) is 12.0 Å². The van der Waals surface area contributed by atoms with E-state index in [1.165, 1.54) is 39.0 Å². The fourth-order valence-corrected chi connectivity index (χ4v) is 3.95. The molecule has 0 aliphatic rings. The Morgan fingerprint density at radius 1 is 0.688 bits per heavy atom. The van der Waals surface area contributed by atoms with Crippen LogP contribution in [0, 0.1) is 13.8 Å². The molecule has 0 bridgehead atoms. The molecule has 0 spiro atoms. The van der Waals surface area contributed by atoms with Gasteiger partial charge >= 0.3 is 0 Å². The van der Waals surface area contributed by atoms with E-state index in [1.54, 1.807) is 0 Å². The summed E-state index contributed by atoms with van der Waals surface area (Å²) in [5, 5.41) is 3.67. The number of rotatable bonds is 7. The minimum Gasteiger partial charge on any atom is -0.378 e. The van der Waals surface area contributed by atoms with Crippen molar-refractivity contribution in [3.63, 3.8) is 0 Å². The fraction of sp³-hybridized carbons (Fsp3) is 0.161. The predicted octanol–water partition coefficient (Wildman–Crippen LogP) is 8.46. The van der Waals surface area contributed by atoms with Gasteiger partial charge in [-0.25, -0.2) is 0 Å². The maximum Gasteiger partial charge on any atom is 0.0511 e. The first kappa shape index (κ1) is 21.6. The van der Waals surface area contributed by atoms with Gasteiger partial charge in [-0.05, 0) is 66.3 Å².